The first-order valence-electron chi connectivity index (χ1n) is 10.2. The molecular formula is C23H22ClN5O2S. The van der Waals surface area contributed by atoms with Gasteiger partial charge < -0.3 is 10.3 Å². The maximum Gasteiger partial charge on any atom is 0.211 e. The SMILES string of the molecule is Cc1cnc2nc(-c3cc(Nc4cccc5c4CCN(S(C)(=O)=O)C5)ccc3Cl)[nH]c2c1. The highest BCUT2D eigenvalue weighted by molar-refractivity contribution is 7.88. The van der Waals surface area contributed by atoms with Crippen LogP contribution < -0.4 is 5.32 Å². The number of aryl methyl sites for hydroxylation is 1. The molecule has 32 heavy (non-hydrogen) atoms. The van der Waals surface area contributed by atoms with Crippen molar-refractivity contribution in [3.05, 3.63) is 70.4 Å². The minimum absolute atomic E-state index is 0.390. The third kappa shape index (κ3) is 3.97. The Hall–Kier alpha value is -2.94. The third-order valence-electron chi connectivity index (χ3n) is 5.67. The second-order valence-electron chi connectivity index (χ2n) is 8.08. The lowest BCUT2D eigenvalue weighted by atomic mass is 9.99. The zero-order valence-electron chi connectivity index (χ0n) is 17.7. The van der Waals surface area contributed by atoms with Crippen LogP contribution in [0.2, 0.25) is 5.02 Å². The molecule has 0 aliphatic carbocycles. The lowest BCUT2D eigenvalue weighted by Crippen LogP contribution is -2.35. The molecule has 0 unspecified atom stereocenters. The predicted octanol–water partition coefficient (Wildman–Crippen LogP) is 4.65. The summed E-state index contributed by atoms with van der Waals surface area (Å²) in [5, 5.41) is 4.07. The van der Waals surface area contributed by atoms with Crippen LogP contribution >= 0.6 is 11.6 Å². The van der Waals surface area contributed by atoms with Crippen LogP contribution in [0.15, 0.2) is 48.7 Å². The predicted molar refractivity (Wildman–Crippen MR) is 128 cm³/mol. The molecular weight excluding hydrogens is 446 g/mol. The first kappa shape index (κ1) is 20.9. The van der Waals surface area contributed by atoms with Gasteiger partial charge in [0.15, 0.2) is 5.65 Å². The fraction of sp³-hybridized carbons (Fsp3) is 0.217. The number of benzene rings is 2. The topological polar surface area (TPSA) is 91.0 Å². The summed E-state index contributed by atoms with van der Waals surface area (Å²) in [6, 6.07) is 13.7. The van der Waals surface area contributed by atoms with E-state index in [1.165, 1.54) is 10.6 Å². The molecule has 0 radical (unpaired) electrons. The molecule has 2 aromatic carbocycles. The van der Waals surface area contributed by atoms with E-state index in [9.17, 15) is 8.42 Å². The van der Waals surface area contributed by atoms with E-state index in [0.29, 0.717) is 36.0 Å². The summed E-state index contributed by atoms with van der Waals surface area (Å²) in [7, 11) is -3.21. The smallest absolute Gasteiger partial charge is 0.211 e. The van der Waals surface area contributed by atoms with Crippen molar-refractivity contribution in [3.8, 4) is 11.4 Å². The number of fused-ring (bicyclic) bond motifs is 2. The Morgan fingerprint density at radius 1 is 1.19 bits per heavy atom. The van der Waals surface area contributed by atoms with Crippen molar-refractivity contribution >= 4 is 44.2 Å². The second kappa shape index (κ2) is 7.88. The summed E-state index contributed by atoms with van der Waals surface area (Å²) in [5.41, 5.74) is 7.32. The minimum Gasteiger partial charge on any atom is -0.355 e. The molecule has 9 heteroatoms. The van der Waals surface area contributed by atoms with E-state index in [0.717, 1.165) is 39.1 Å². The molecule has 0 saturated heterocycles. The van der Waals surface area contributed by atoms with Crippen molar-refractivity contribution in [2.24, 2.45) is 0 Å². The normalized spacial score (nSPS) is 14.5. The molecule has 2 aromatic heterocycles. The van der Waals surface area contributed by atoms with Gasteiger partial charge in [0.2, 0.25) is 10.0 Å². The maximum absolute atomic E-state index is 11.9. The largest absolute Gasteiger partial charge is 0.355 e. The number of aromatic amines is 1. The number of rotatable bonds is 4. The van der Waals surface area contributed by atoms with Crippen molar-refractivity contribution in [1.29, 1.82) is 0 Å². The number of halogens is 1. The molecule has 3 heterocycles. The van der Waals surface area contributed by atoms with Crippen LogP contribution in [0.5, 0.6) is 0 Å². The van der Waals surface area contributed by atoms with Gasteiger partial charge in [-0.2, -0.15) is 4.31 Å². The standard InChI is InChI=1S/C23H22ClN5O2S/c1-14-10-21-23(25-12-14)28-22(27-21)18-11-16(6-7-19(18)24)26-20-5-3-4-15-13-29(32(2,30)31)9-8-17(15)20/h3-7,10-12,26H,8-9,13H2,1-2H3,(H,25,27,28). The highest BCUT2D eigenvalue weighted by atomic mass is 35.5. The highest BCUT2D eigenvalue weighted by Gasteiger charge is 2.24. The Bertz CT molecular complexity index is 1450. The number of imidazole rings is 1. The number of sulfonamides is 1. The summed E-state index contributed by atoms with van der Waals surface area (Å²) in [5.74, 6) is 0.658. The van der Waals surface area contributed by atoms with Gasteiger partial charge in [-0.05, 0) is 60.4 Å². The first-order chi connectivity index (χ1) is 15.3. The van der Waals surface area contributed by atoms with Crippen LogP contribution in [-0.4, -0.2) is 40.5 Å². The number of hydrogen-bond acceptors (Lipinski definition) is 5. The summed E-state index contributed by atoms with van der Waals surface area (Å²) in [6.07, 6.45) is 3.70. The number of nitrogens with one attached hydrogen (secondary N) is 2. The number of nitrogens with zero attached hydrogens (tertiary/aromatic N) is 3. The summed E-state index contributed by atoms with van der Waals surface area (Å²) in [6.45, 7) is 2.85. The van der Waals surface area contributed by atoms with Crippen molar-refractivity contribution in [2.45, 2.75) is 19.9 Å². The number of H-pyrrole nitrogens is 1. The van der Waals surface area contributed by atoms with E-state index in [1.807, 2.05) is 49.4 Å². The quantitative estimate of drug-likeness (QED) is 0.456. The number of aromatic nitrogens is 3. The molecule has 0 fully saturated rings. The van der Waals surface area contributed by atoms with E-state index in [4.69, 9.17) is 11.6 Å². The average molecular weight is 468 g/mol. The van der Waals surface area contributed by atoms with E-state index in [1.54, 1.807) is 6.20 Å². The van der Waals surface area contributed by atoms with Crippen LogP contribution in [0.25, 0.3) is 22.6 Å². The van der Waals surface area contributed by atoms with Gasteiger partial charge in [0, 0.05) is 36.2 Å². The Morgan fingerprint density at radius 2 is 2.03 bits per heavy atom. The Morgan fingerprint density at radius 3 is 2.84 bits per heavy atom. The Balaban J connectivity index is 1.47. The number of pyridine rings is 1. The highest BCUT2D eigenvalue weighted by Crippen LogP contribution is 2.33. The van der Waals surface area contributed by atoms with Crippen LogP contribution in [0.1, 0.15) is 16.7 Å². The summed E-state index contributed by atoms with van der Waals surface area (Å²) in [4.78, 5) is 12.3. The fourth-order valence-corrected chi connectivity index (χ4v) is 5.06. The van der Waals surface area contributed by atoms with E-state index >= 15 is 0 Å². The van der Waals surface area contributed by atoms with Gasteiger partial charge in [-0.25, -0.2) is 18.4 Å². The Labute approximate surface area is 191 Å². The van der Waals surface area contributed by atoms with Crippen molar-refractivity contribution in [1.82, 2.24) is 19.3 Å². The summed E-state index contributed by atoms with van der Waals surface area (Å²) < 4.78 is 25.4. The van der Waals surface area contributed by atoms with Gasteiger partial charge in [0.25, 0.3) is 0 Å². The van der Waals surface area contributed by atoms with Crippen molar-refractivity contribution in [3.63, 3.8) is 0 Å². The van der Waals surface area contributed by atoms with Crippen LogP contribution in [-0.2, 0) is 23.0 Å². The molecule has 0 bridgehead atoms. The van der Waals surface area contributed by atoms with Crippen LogP contribution in [0.4, 0.5) is 11.4 Å². The number of hydrogen-bond donors (Lipinski definition) is 2. The van der Waals surface area contributed by atoms with Gasteiger partial charge >= 0.3 is 0 Å². The third-order valence-corrected chi connectivity index (χ3v) is 7.25. The lowest BCUT2D eigenvalue weighted by Gasteiger charge is -2.28. The second-order valence-corrected chi connectivity index (χ2v) is 10.5. The van der Waals surface area contributed by atoms with E-state index in [-0.39, 0.29) is 0 Å². The molecule has 0 atom stereocenters. The summed E-state index contributed by atoms with van der Waals surface area (Å²) >= 11 is 6.50. The van der Waals surface area contributed by atoms with Crippen molar-refractivity contribution < 1.29 is 8.42 Å². The molecule has 0 saturated carbocycles. The first-order valence-corrected chi connectivity index (χ1v) is 12.5. The molecule has 164 valence electrons. The van der Waals surface area contributed by atoms with Crippen LogP contribution in [0, 0.1) is 6.92 Å². The zero-order valence-corrected chi connectivity index (χ0v) is 19.3. The molecule has 7 nitrogen and oxygen atoms in total. The number of anilines is 2. The molecule has 5 rings (SSSR count). The molecule has 4 aromatic rings. The van der Waals surface area contributed by atoms with Gasteiger partial charge in [-0.3, -0.25) is 0 Å². The molecule has 2 N–H and O–H groups in total. The van der Waals surface area contributed by atoms with Crippen molar-refractivity contribution in [2.75, 3.05) is 18.1 Å². The maximum atomic E-state index is 11.9. The average Bonchev–Trinajstić information content (AvgIpc) is 3.17. The Kier molecular flexibility index (Phi) is 5.16. The zero-order chi connectivity index (χ0) is 22.5. The monoisotopic (exact) mass is 467 g/mol. The van der Waals surface area contributed by atoms with Crippen LogP contribution in [0.3, 0.4) is 0 Å². The van der Waals surface area contributed by atoms with E-state index < -0.39 is 10.0 Å². The van der Waals surface area contributed by atoms with Gasteiger partial charge in [0.1, 0.15) is 5.82 Å². The van der Waals surface area contributed by atoms with Gasteiger partial charge in [-0.15, -0.1) is 0 Å². The lowest BCUT2D eigenvalue weighted by molar-refractivity contribution is 0.395. The fourth-order valence-electron chi connectivity index (χ4n) is 4.06. The van der Waals surface area contributed by atoms with Gasteiger partial charge in [-0.1, -0.05) is 23.7 Å². The van der Waals surface area contributed by atoms with E-state index in [2.05, 4.69) is 20.3 Å². The molecule has 0 spiro atoms. The molecule has 1 aliphatic rings. The molecule has 0 amide bonds. The minimum atomic E-state index is -3.21. The van der Waals surface area contributed by atoms with Gasteiger partial charge in [0.05, 0.1) is 16.8 Å². The molecule has 1 aliphatic heterocycles.